The van der Waals surface area contributed by atoms with Gasteiger partial charge < -0.3 is 10.1 Å². The van der Waals surface area contributed by atoms with Crippen molar-refractivity contribution in [3.63, 3.8) is 0 Å². The minimum Gasteiger partial charge on any atom is -0.481 e. The lowest BCUT2D eigenvalue weighted by molar-refractivity contribution is -0.117. The largest absolute Gasteiger partial charge is 0.481 e. The first-order chi connectivity index (χ1) is 9.24. The normalized spacial score (nSPS) is 28.4. The van der Waals surface area contributed by atoms with Gasteiger partial charge in [-0.25, -0.2) is 4.98 Å². The molecule has 102 valence electrons. The van der Waals surface area contributed by atoms with Crippen molar-refractivity contribution in [3.05, 3.63) is 18.3 Å². The van der Waals surface area contributed by atoms with E-state index < -0.39 is 0 Å². The van der Waals surface area contributed by atoms with Crippen molar-refractivity contribution in [2.24, 2.45) is 17.8 Å². The van der Waals surface area contributed by atoms with Gasteiger partial charge in [-0.2, -0.15) is 0 Å². The number of amides is 1. The van der Waals surface area contributed by atoms with E-state index >= 15 is 0 Å². The van der Waals surface area contributed by atoms with Crippen LogP contribution in [-0.2, 0) is 4.79 Å². The van der Waals surface area contributed by atoms with E-state index in [4.69, 9.17) is 4.74 Å². The van der Waals surface area contributed by atoms with Gasteiger partial charge in [-0.3, -0.25) is 4.79 Å². The van der Waals surface area contributed by atoms with Gasteiger partial charge in [0.1, 0.15) is 0 Å². The molecule has 2 aliphatic carbocycles. The fraction of sp³-hybridized carbons (Fsp3) is 0.600. The van der Waals surface area contributed by atoms with E-state index in [1.54, 1.807) is 19.4 Å². The minimum atomic E-state index is 0.115. The molecule has 3 atom stereocenters. The number of carbonyl (C=O) groups is 1. The topological polar surface area (TPSA) is 51.2 Å². The van der Waals surface area contributed by atoms with Gasteiger partial charge in [-0.15, -0.1) is 0 Å². The number of nitrogens with one attached hydrogen (secondary N) is 1. The number of rotatable bonds is 4. The third-order valence-electron chi connectivity index (χ3n) is 4.56. The number of fused-ring (bicyclic) bond motifs is 2. The van der Waals surface area contributed by atoms with E-state index in [0.29, 0.717) is 18.2 Å². The smallest absolute Gasteiger partial charge is 0.224 e. The van der Waals surface area contributed by atoms with Crippen molar-refractivity contribution in [1.29, 1.82) is 0 Å². The molecule has 0 saturated heterocycles. The highest BCUT2D eigenvalue weighted by molar-refractivity contribution is 5.90. The molecule has 0 spiro atoms. The van der Waals surface area contributed by atoms with Crippen LogP contribution < -0.4 is 10.1 Å². The Balaban J connectivity index is 1.53. The maximum Gasteiger partial charge on any atom is 0.224 e. The second kappa shape index (κ2) is 5.19. The maximum atomic E-state index is 12.0. The van der Waals surface area contributed by atoms with Gasteiger partial charge in [0.2, 0.25) is 11.8 Å². The molecule has 1 aromatic heterocycles. The van der Waals surface area contributed by atoms with Gasteiger partial charge >= 0.3 is 0 Å². The molecular weight excluding hydrogens is 240 g/mol. The zero-order valence-electron chi connectivity index (χ0n) is 11.3. The van der Waals surface area contributed by atoms with Crippen molar-refractivity contribution >= 4 is 11.6 Å². The highest BCUT2D eigenvalue weighted by Crippen LogP contribution is 2.49. The van der Waals surface area contributed by atoms with E-state index in [9.17, 15) is 4.79 Å². The summed E-state index contributed by atoms with van der Waals surface area (Å²) in [6.45, 7) is 0. The molecule has 2 fully saturated rings. The summed E-state index contributed by atoms with van der Waals surface area (Å²) in [5.41, 5.74) is 0.744. The zero-order chi connectivity index (χ0) is 13.2. The Hall–Kier alpha value is -1.58. The first kappa shape index (κ1) is 12.5. The monoisotopic (exact) mass is 260 g/mol. The summed E-state index contributed by atoms with van der Waals surface area (Å²) in [5.74, 6) is 2.97. The molecule has 2 bridgehead atoms. The maximum absolute atomic E-state index is 12.0. The number of carbonyl (C=O) groups excluding carboxylic acids is 1. The van der Waals surface area contributed by atoms with E-state index in [2.05, 4.69) is 10.3 Å². The molecule has 2 saturated carbocycles. The minimum absolute atomic E-state index is 0.115. The third kappa shape index (κ3) is 2.72. The van der Waals surface area contributed by atoms with Gasteiger partial charge in [-0.1, -0.05) is 6.42 Å². The second-order valence-corrected chi connectivity index (χ2v) is 5.78. The molecule has 0 unspecified atom stereocenters. The van der Waals surface area contributed by atoms with Crippen LogP contribution in [0.5, 0.6) is 5.88 Å². The van der Waals surface area contributed by atoms with Crippen LogP contribution in [0.25, 0.3) is 0 Å². The lowest BCUT2D eigenvalue weighted by Crippen LogP contribution is -2.20. The predicted octanol–water partition coefficient (Wildman–Crippen LogP) is 2.86. The highest BCUT2D eigenvalue weighted by Gasteiger charge is 2.40. The Labute approximate surface area is 113 Å². The van der Waals surface area contributed by atoms with Gasteiger partial charge in [0, 0.05) is 12.5 Å². The Morgan fingerprint density at radius 1 is 1.42 bits per heavy atom. The lowest BCUT2D eigenvalue weighted by Gasteiger charge is -2.20. The molecule has 0 aromatic carbocycles. The quantitative estimate of drug-likeness (QED) is 0.905. The molecule has 1 aromatic rings. The number of hydrogen-bond acceptors (Lipinski definition) is 3. The number of aromatic nitrogens is 1. The van der Waals surface area contributed by atoms with Crippen LogP contribution in [0.2, 0.25) is 0 Å². The summed E-state index contributed by atoms with van der Waals surface area (Å²) in [4.78, 5) is 16.1. The summed E-state index contributed by atoms with van der Waals surface area (Å²) in [5, 5.41) is 2.92. The van der Waals surface area contributed by atoms with Gasteiger partial charge in [0.05, 0.1) is 19.0 Å². The molecule has 0 aliphatic heterocycles. The summed E-state index contributed by atoms with van der Waals surface area (Å²) < 4.78 is 4.99. The average Bonchev–Trinajstić information content (AvgIpc) is 3.02. The molecular formula is C15H20N2O2. The van der Waals surface area contributed by atoms with Crippen LogP contribution in [0.15, 0.2) is 18.3 Å². The Kier molecular flexibility index (Phi) is 3.40. The van der Waals surface area contributed by atoms with E-state index in [1.165, 1.54) is 25.7 Å². The summed E-state index contributed by atoms with van der Waals surface area (Å²) in [6, 6.07) is 3.58. The number of anilines is 1. The molecule has 4 nitrogen and oxygen atoms in total. The van der Waals surface area contributed by atoms with Crippen molar-refractivity contribution < 1.29 is 9.53 Å². The summed E-state index contributed by atoms with van der Waals surface area (Å²) in [6.07, 6.45) is 7.60. The SMILES string of the molecule is COc1ccc(NC(=O)C[C@H]2C[C@H]3CC[C@H]2C3)cn1. The first-order valence-corrected chi connectivity index (χ1v) is 7.04. The standard InChI is InChI=1S/C15H20N2O2/c1-19-15-5-4-13(9-16-15)17-14(18)8-12-7-10-2-3-11(12)6-10/h4-5,9-12H,2-3,6-8H2,1H3,(H,17,18)/t10-,11-,12+/m0/s1. The lowest BCUT2D eigenvalue weighted by atomic mass is 9.86. The van der Waals surface area contributed by atoms with Crippen LogP contribution in [0.1, 0.15) is 32.1 Å². The highest BCUT2D eigenvalue weighted by atomic mass is 16.5. The van der Waals surface area contributed by atoms with Crippen molar-refractivity contribution in [2.45, 2.75) is 32.1 Å². The molecule has 0 radical (unpaired) electrons. The Bertz CT molecular complexity index is 458. The number of hydrogen-bond donors (Lipinski definition) is 1. The summed E-state index contributed by atoms with van der Waals surface area (Å²) >= 11 is 0. The van der Waals surface area contributed by atoms with E-state index in [0.717, 1.165) is 17.5 Å². The zero-order valence-corrected chi connectivity index (χ0v) is 11.3. The fourth-order valence-corrected chi connectivity index (χ4v) is 3.65. The number of pyridine rings is 1. The van der Waals surface area contributed by atoms with E-state index in [1.807, 2.05) is 6.07 Å². The van der Waals surface area contributed by atoms with Crippen LogP contribution in [0, 0.1) is 17.8 Å². The van der Waals surface area contributed by atoms with Crippen molar-refractivity contribution in [1.82, 2.24) is 4.98 Å². The van der Waals surface area contributed by atoms with Gasteiger partial charge in [0.15, 0.2) is 0 Å². The van der Waals surface area contributed by atoms with Crippen LogP contribution in [-0.4, -0.2) is 18.0 Å². The third-order valence-corrected chi connectivity index (χ3v) is 4.56. The number of nitrogens with zero attached hydrogens (tertiary/aromatic N) is 1. The van der Waals surface area contributed by atoms with Crippen molar-refractivity contribution in [3.8, 4) is 5.88 Å². The van der Waals surface area contributed by atoms with Crippen molar-refractivity contribution in [2.75, 3.05) is 12.4 Å². The molecule has 4 heteroatoms. The molecule has 3 rings (SSSR count). The predicted molar refractivity (Wildman–Crippen MR) is 73.0 cm³/mol. The Morgan fingerprint density at radius 2 is 2.32 bits per heavy atom. The summed E-state index contributed by atoms with van der Waals surface area (Å²) in [7, 11) is 1.58. The Morgan fingerprint density at radius 3 is 2.89 bits per heavy atom. The molecule has 19 heavy (non-hydrogen) atoms. The average molecular weight is 260 g/mol. The van der Waals surface area contributed by atoms with Crippen LogP contribution >= 0.6 is 0 Å². The number of methoxy groups -OCH3 is 1. The van der Waals surface area contributed by atoms with Crippen LogP contribution in [0.4, 0.5) is 5.69 Å². The second-order valence-electron chi connectivity index (χ2n) is 5.78. The molecule has 1 amide bonds. The first-order valence-electron chi connectivity index (χ1n) is 7.04. The fourth-order valence-electron chi connectivity index (χ4n) is 3.65. The van der Waals surface area contributed by atoms with E-state index in [-0.39, 0.29) is 5.91 Å². The molecule has 1 N–H and O–H groups in total. The number of ether oxygens (including phenoxy) is 1. The molecule has 1 heterocycles. The van der Waals surface area contributed by atoms with Gasteiger partial charge in [0.25, 0.3) is 0 Å². The van der Waals surface area contributed by atoms with Crippen LogP contribution in [0.3, 0.4) is 0 Å². The molecule has 2 aliphatic rings. The van der Waals surface area contributed by atoms with Gasteiger partial charge in [-0.05, 0) is 43.1 Å².